The van der Waals surface area contributed by atoms with Crippen LogP contribution in [0, 0.1) is 5.92 Å². The molecular formula is C14H25NO2. The minimum atomic E-state index is -0.487. The van der Waals surface area contributed by atoms with Gasteiger partial charge in [0.1, 0.15) is 5.60 Å². The van der Waals surface area contributed by atoms with Gasteiger partial charge in [-0.3, -0.25) is 4.90 Å². The van der Waals surface area contributed by atoms with E-state index in [4.69, 9.17) is 4.74 Å². The minimum absolute atomic E-state index is 0.0390. The second kappa shape index (κ2) is 6.48. The lowest BCUT2D eigenvalue weighted by atomic mass is 10.0. The maximum atomic E-state index is 12.1. The molecule has 0 bridgehead atoms. The first-order chi connectivity index (χ1) is 7.72. The average molecular weight is 239 g/mol. The number of nitrogens with zero attached hydrogens (tertiary/aromatic N) is 1. The first kappa shape index (κ1) is 15.8. The molecule has 1 unspecified atom stereocenters. The molecule has 0 fully saturated rings. The van der Waals surface area contributed by atoms with Gasteiger partial charge in [0.25, 0.3) is 0 Å². The molecule has 0 spiro atoms. The Labute approximate surface area is 105 Å². The highest BCUT2D eigenvalue weighted by Crippen LogP contribution is 2.17. The third kappa shape index (κ3) is 5.57. The molecule has 0 aromatic heterocycles. The second-order valence-electron chi connectivity index (χ2n) is 5.39. The average Bonchev–Trinajstić information content (AvgIpc) is 2.14. The van der Waals surface area contributed by atoms with Crippen LogP contribution in [0.5, 0.6) is 0 Å². The third-order valence-corrected chi connectivity index (χ3v) is 2.24. The second-order valence-corrected chi connectivity index (χ2v) is 5.39. The highest BCUT2D eigenvalue weighted by Gasteiger charge is 2.27. The van der Waals surface area contributed by atoms with Crippen molar-refractivity contribution < 1.29 is 9.53 Å². The Morgan fingerprint density at radius 2 is 1.88 bits per heavy atom. The Morgan fingerprint density at radius 3 is 2.18 bits per heavy atom. The van der Waals surface area contributed by atoms with E-state index in [1.165, 1.54) is 0 Å². The Balaban J connectivity index is 4.88. The van der Waals surface area contributed by atoms with Crippen molar-refractivity contribution in [3.8, 4) is 0 Å². The van der Waals surface area contributed by atoms with E-state index < -0.39 is 5.60 Å². The fourth-order valence-electron chi connectivity index (χ4n) is 1.54. The summed E-state index contributed by atoms with van der Waals surface area (Å²) in [7, 11) is 0. The summed E-state index contributed by atoms with van der Waals surface area (Å²) in [5, 5.41) is 0. The predicted octanol–water partition coefficient (Wildman–Crippen LogP) is 3.62. The fraction of sp³-hybridized carbons (Fsp3) is 0.643. The number of carbonyl (C=O) groups excluding carboxylic acids is 1. The van der Waals surface area contributed by atoms with Crippen molar-refractivity contribution in [1.82, 2.24) is 4.90 Å². The van der Waals surface area contributed by atoms with Crippen LogP contribution < -0.4 is 0 Å². The molecule has 0 heterocycles. The number of hydrogen-bond acceptors (Lipinski definition) is 2. The van der Waals surface area contributed by atoms with Crippen LogP contribution in [0.25, 0.3) is 0 Å². The van der Waals surface area contributed by atoms with E-state index in [1.807, 2.05) is 34.6 Å². The summed E-state index contributed by atoms with van der Waals surface area (Å²) in [5.41, 5.74) is -0.487. The van der Waals surface area contributed by atoms with Crippen molar-refractivity contribution in [1.29, 1.82) is 0 Å². The summed E-state index contributed by atoms with van der Waals surface area (Å²) in [5.74, 6) is 0.292. The highest BCUT2D eigenvalue weighted by atomic mass is 16.6. The monoisotopic (exact) mass is 239 g/mol. The zero-order chi connectivity index (χ0) is 13.6. The Morgan fingerprint density at radius 1 is 1.35 bits per heavy atom. The van der Waals surface area contributed by atoms with Crippen LogP contribution in [0.1, 0.15) is 34.6 Å². The van der Waals surface area contributed by atoms with Crippen molar-refractivity contribution in [2.75, 3.05) is 6.54 Å². The fourth-order valence-corrected chi connectivity index (χ4v) is 1.54. The summed E-state index contributed by atoms with van der Waals surface area (Å²) in [4.78, 5) is 13.7. The number of hydrogen-bond donors (Lipinski definition) is 0. The van der Waals surface area contributed by atoms with Gasteiger partial charge < -0.3 is 4.74 Å². The number of carbonyl (C=O) groups is 1. The SMILES string of the molecule is C=CCN(C(=O)OC(C)(C)C)C(C=C)C(C)C. The predicted molar refractivity (Wildman–Crippen MR) is 72.0 cm³/mol. The maximum absolute atomic E-state index is 12.1. The number of rotatable bonds is 5. The van der Waals surface area contributed by atoms with E-state index in [0.717, 1.165) is 0 Å². The molecule has 0 aliphatic rings. The van der Waals surface area contributed by atoms with Gasteiger partial charge in [0, 0.05) is 6.54 Å². The molecule has 0 N–H and O–H groups in total. The lowest BCUT2D eigenvalue weighted by molar-refractivity contribution is 0.0190. The van der Waals surface area contributed by atoms with Gasteiger partial charge in [-0.2, -0.15) is 0 Å². The van der Waals surface area contributed by atoms with Crippen LogP contribution in [-0.2, 0) is 4.74 Å². The van der Waals surface area contributed by atoms with E-state index in [-0.39, 0.29) is 12.1 Å². The molecule has 0 aromatic carbocycles. The molecule has 3 nitrogen and oxygen atoms in total. The quantitative estimate of drug-likeness (QED) is 0.686. The van der Waals surface area contributed by atoms with Gasteiger partial charge in [0.2, 0.25) is 0 Å². The van der Waals surface area contributed by atoms with Crippen molar-refractivity contribution in [2.45, 2.75) is 46.3 Å². The summed E-state index contributed by atoms with van der Waals surface area (Å²) < 4.78 is 5.38. The van der Waals surface area contributed by atoms with Crippen LogP contribution in [0.2, 0.25) is 0 Å². The molecule has 1 amide bonds. The van der Waals surface area contributed by atoms with Crippen LogP contribution >= 0.6 is 0 Å². The number of amides is 1. The molecule has 0 aromatic rings. The van der Waals surface area contributed by atoms with Crippen LogP contribution in [0.15, 0.2) is 25.3 Å². The summed E-state index contributed by atoms with van der Waals surface area (Å²) >= 11 is 0. The van der Waals surface area contributed by atoms with Gasteiger partial charge >= 0.3 is 6.09 Å². The molecular weight excluding hydrogens is 214 g/mol. The smallest absolute Gasteiger partial charge is 0.411 e. The Bertz CT molecular complexity index is 276. The van der Waals surface area contributed by atoms with E-state index in [1.54, 1.807) is 17.1 Å². The molecule has 0 radical (unpaired) electrons. The molecule has 0 aliphatic heterocycles. The van der Waals surface area contributed by atoms with Crippen LogP contribution in [0.4, 0.5) is 4.79 Å². The van der Waals surface area contributed by atoms with Gasteiger partial charge in [0.15, 0.2) is 0 Å². The van der Waals surface area contributed by atoms with Gasteiger partial charge in [-0.1, -0.05) is 26.0 Å². The van der Waals surface area contributed by atoms with Crippen molar-refractivity contribution in [3.05, 3.63) is 25.3 Å². The number of ether oxygens (including phenoxy) is 1. The Hall–Kier alpha value is -1.25. The summed E-state index contributed by atoms with van der Waals surface area (Å²) in [6.07, 6.45) is 3.15. The molecule has 0 aliphatic carbocycles. The standard InChI is InChI=1S/C14H25NO2/c1-8-10-15(12(9-2)11(3)4)13(16)17-14(5,6)7/h8-9,11-12H,1-2,10H2,3-7H3. The largest absolute Gasteiger partial charge is 0.444 e. The molecule has 0 saturated heterocycles. The van der Waals surface area contributed by atoms with E-state index in [2.05, 4.69) is 13.2 Å². The molecule has 1 atom stereocenters. The molecule has 98 valence electrons. The summed E-state index contributed by atoms with van der Waals surface area (Å²) in [6, 6.07) is -0.0390. The third-order valence-electron chi connectivity index (χ3n) is 2.24. The van der Waals surface area contributed by atoms with Crippen molar-refractivity contribution >= 4 is 6.09 Å². The molecule has 0 saturated carbocycles. The molecule has 3 heteroatoms. The molecule has 17 heavy (non-hydrogen) atoms. The topological polar surface area (TPSA) is 29.5 Å². The van der Waals surface area contributed by atoms with E-state index in [0.29, 0.717) is 12.5 Å². The maximum Gasteiger partial charge on any atom is 0.411 e. The van der Waals surface area contributed by atoms with E-state index in [9.17, 15) is 4.79 Å². The minimum Gasteiger partial charge on any atom is -0.444 e. The van der Waals surface area contributed by atoms with Gasteiger partial charge in [-0.05, 0) is 26.7 Å². The lowest BCUT2D eigenvalue weighted by Crippen LogP contribution is -2.44. The van der Waals surface area contributed by atoms with Crippen LogP contribution in [0.3, 0.4) is 0 Å². The Kier molecular flexibility index (Phi) is 6.00. The van der Waals surface area contributed by atoms with Gasteiger partial charge in [-0.25, -0.2) is 4.79 Å². The van der Waals surface area contributed by atoms with Crippen molar-refractivity contribution in [2.24, 2.45) is 5.92 Å². The highest BCUT2D eigenvalue weighted by molar-refractivity contribution is 5.69. The first-order valence-corrected chi connectivity index (χ1v) is 5.96. The summed E-state index contributed by atoms with van der Waals surface area (Å²) in [6.45, 7) is 17.6. The zero-order valence-corrected chi connectivity index (χ0v) is 11.7. The molecule has 0 rings (SSSR count). The van der Waals surface area contributed by atoms with E-state index >= 15 is 0 Å². The van der Waals surface area contributed by atoms with Gasteiger partial charge in [0.05, 0.1) is 6.04 Å². The van der Waals surface area contributed by atoms with Gasteiger partial charge in [-0.15, -0.1) is 13.2 Å². The van der Waals surface area contributed by atoms with Crippen molar-refractivity contribution in [3.63, 3.8) is 0 Å². The van der Waals surface area contributed by atoms with Crippen LogP contribution in [-0.4, -0.2) is 29.2 Å². The zero-order valence-electron chi connectivity index (χ0n) is 11.7. The normalized spacial score (nSPS) is 13.1. The first-order valence-electron chi connectivity index (χ1n) is 5.96. The lowest BCUT2D eigenvalue weighted by Gasteiger charge is -2.33.